The predicted octanol–water partition coefficient (Wildman–Crippen LogP) is 3.23. The van der Waals surface area contributed by atoms with Gasteiger partial charge in [0.25, 0.3) is 0 Å². The molecule has 1 aromatic carbocycles. The molecule has 3 atom stereocenters. The maximum absolute atomic E-state index is 4.90. The van der Waals surface area contributed by atoms with Crippen molar-refractivity contribution in [3.63, 3.8) is 0 Å². The summed E-state index contributed by atoms with van der Waals surface area (Å²) in [6.45, 7) is 3.22. The molecule has 21 heavy (non-hydrogen) atoms. The average molecular weight is 283 g/mol. The van der Waals surface area contributed by atoms with Gasteiger partial charge in [-0.15, -0.1) is 0 Å². The number of benzene rings is 1. The number of imidazole rings is 1. The van der Waals surface area contributed by atoms with Gasteiger partial charge in [-0.3, -0.25) is 0 Å². The predicted molar refractivity (Wildman–Crippen MR) is 86.3 cm³/mol. The normalized spacial score (nSPS) is 28.8. The fourth-order valence-corrected chi connectivity index (χ4v) is 4.74. The van der Waals surface area contributed by atoms with E-state index in [0.717, 1.165) is 36.2 Å². The Morgan fingerprint density at radius 3 is 2.76 bits per heavy atom. The molecular formula is C18H25N3. The first-order valence-electron chi connectivity index (χ1n) is 8.45. The Morgan fingerprint density at radius 2 is 2.05 bits per heavy atom. The van der Waals surface area contributed by atoms with Crippen LogP contribution in [0.15, 0.2) is 24.3 Å². The summed E-state index contributed by atoms with van der Waals surface area (Å²) in [6, 6.07) is 9.11. The summed E-state index contributed by atoms with van der Waals surface area (Å²) < 4.78 is 2.39. The van der Waals surface area contributed by atoms with Crippen molar-refractivity contribution >= 4 is 11.0 Å². The lowest BCUT2D eigenvalue weighted by atomic mass is 10.0. The monoisotopic (exact) mass is 283 g/mol. The summed E-state index contributed by atoms with van der Waals surface area (Å²) in [7, 11) is 2.12. The number of likely N-dealkylation sites (N-methyl/N-ethyl adjacent to an activating group) is 1. The number of fused-ring (bicyclic) bond motifs is 2. The molecule has 112 valence electrons. The SMILES string of the molecule is CCn1c(CC(NC)C2C3CCCC32)nc2ccccc21. The van der Waals surface area contributed by atoms with Crippen LogP contribution in [0.4, 0.5) is 0 Å². The number of nitrogens with zero attached hydrogens (tertiary/aromatic N) is 2. The highest BCUT2D eigenvalue weighted by Crippen LogP contribution is 2.59. The lowest BCUT2D eigenvalue weighted by Crippen LogP contribution is -2.32. The molecule has 0 spiro atoms. The molecule has 3 heteroatoms. The molecule has 0 bridgehead atoms. The Kier molecular flexibility index (Phi) is 3.26. The van der Waals surface area contributed by atoms with Gasteiger partial charge in [0.05, 0.1) is 11.0 Å². The number of nitrogens with one attached hydrogen (secondary N) is 1. The van der Waals surface area contributed by atoms with E-state index in [0.29, 0.717) is 6.04 Å². The molecule has 2 saturated carbocycles. The third-order valence-electron chi connectivity index (χ3n) is 5.76. The molecule has 3 unspecified atom stereocenters. The second-order valence-electron chi connectivity index (χ2n) is 6.70. The average Bonchev–Trinajstić information content (AvgIpc) is 2.89. The molecule has 0 radical (unpaired) electrons. The molecule has 1 aromatic heterocycles. The number of hydrogen-bond donors (Lipinski definition) is 1. The van der Waals surface area contributed by atoms with Crippen LogP contribution in [-0.2, 0) is 13.0 Å². The summed E-state index contributed by atoms with van der Waals surface area (Å²) >= 11 is 0. The summed E-state index contributed by atoms with van der Waals surface area (Å²) in [5, 5.41) is 3.58. The summed E-state index contributed by atoms with van der Waals surface area (Å²) in [4.78, 5) is 4.90. The molecule has 2 aliphatic carbocycles. The number of aromatic nitrogens is 2. The van der Waals surface area contributed by atoms with Gasteiger partial charge >= 0.3 is 0 Å². The Morgan fingerprint density at radius 1 is 1.29 bits per heavy atom. The molecule has 1 heterocycles. The molecule has 4 rings (SSSR count). The van der Waals surface area contributed by atoms with E-state index >= 15 is 0 Å². The standard InChI is InChI=1S/C18H25N3/c1-3-21-16-10-5-4-9-14(16)20-17(21)11-15(19-2)18-12-7-6-8-13(12)18/h4-5,9-10,12-13,15,18-19H,3,6-8,11H2,1-2H3. The number of rotatable bonds is 5. The van der Waals surface area contributed by atoms with Crippen molar-refractivity contribution in [2.75, 3.05) is 7.05 Å². The molecule has 0 amide bonds. The maximum atomic E-state index is 4.90. The molecule has 1 N–H and O–H groups in total. The van der Waals surface area contributed by atoms with Gasteiger partial charge in [0.1, 0.15) is 5.82 Å². The van der Waals surface area contributed by atoms with E-state index in [1.165, 1.54) is 30.6 Å². The van der Waals surface area contributed by atoms with Crippen molar-refractivity contribution in [3.05, 3.63) is 30.1 Å². The minimum Gasteiger partial charge on any atom is -0.328 e. The number of para-hydroxylation sites is 2. The minimum atomic E-state index is 0.599. The van der Waals surface area contributed by atoms with E-state index in [4.69, 9.17) is 4.98 Å². The molecule has 0 saturated heterocycles. The highest BCUT2D eigenvalue weighted by atomic mass is 15.1. The third kappa shape index (κ3) is 2.10. The summed E-state index contributed by atoms with van der Waals surface area (Å²) in [6.07, 6.45) is 5.43. The number of aryl methyl sites for hydroxylation is 1. The van der Waals surface area contributed by atoms with Gasteiger partial charge in [-0.1, -0.05) is 18.6 Å². The van der Waals surface area contributed by atoms with Gasteiger partial charge in [-0.2, -0.15) is 0 Å². The summed E-state index contributed by atoms with van der Waals surface area (Å²) in [5.41, 5.74) is 2.42. The van der Waals surface area contributed by atoms with Crippen molar-refractivity contribution in [1.82, 2.24) is 14.9 Å². The van der Waals surface area contributed by atoms with E-state index in [1.807, 2.05) is 0 Å². The fourth-order valence-electron chi connectivity index (χ4n) is 4.74. The van der Waals surface area contributed by atoms with Crippen molar-refractivity contribution < 1.29 is 0 Å². The van der Waals surface area contributed by atoms with Crippen LogP contribution in [-0.4, -0.2) is 22.6 Å². The zero-order valence-corrected chi connectivity index (χ0v) is 13.0. The smallest absolute Gasteiger partial charge is 0.111 e. The molecule has 2 aromatic rings. The largest absolute Gasteiger partial charge is 0.328 e. The van der Waals surface area contributed by atoms with E-state index in [1.54, 1.807) is 0 Å². The first kappa shape index (κ1) is 13.3. The van der Waals surface area contributed by atoms with Crippen LogP contribution in [0.3, 0.4) is 0 Å². The van der Waals surface area contributed by atoms with Crippen LogP contribution >= 0.6 is 0 Å². The van der Waals surface area contributed by atoms with Crippen molar-refractivity contribution in [2.24, 2.45) is 17.8 Å². The molecular weight excluding hydrogens is 258 g/mol. The Balaban J connectivity index is 1.61. The highest BCUT2D eigenvalue weighted by Gasteiger charge is 2.55. The molecule has 2 aliphatic rings. The van der Waals surface area contributed by atoms with Crippen LogP contribution in [0, 0.1) is 17.8 Å². The van der Waals surface area contributed by atoms with Crippen LogP contribution in [0.2, 0.25) is 0 Å². The maximum Gasteiger partial charge on any atom is 0.111 e. The first-order chi connectivity index (χ1) is 10.3. The second kappa shape index (κ2) is 5.13. The Bertz CT molecular complexity index is 635. The third-order valence-corrected chi connectivity index (χ3v) is 5.76. The van der Waals surface area contributed by atoms with Crippen LogP contribution in [0.1, 0.15) is 32.0 Å². The Labute approximate surface area is 126 Å². The van der Waals surface area contributed by atoms with Crippen molar-refractivity contribution in [2.45, 2.75) is 45.2 Å². The Hall–Kier alpha value is -1.35. The van der Waals surface area contributed by atoms with Gasteiger partial charge in [0, 0.05) is 19.0 Å². The van der Waals surface area contributed by atoms with Crippen LogP contribution < -0.4 is 5.32 Å². The van der Waals surface area contributed by atoms with Crippen LogP contribution in [0.5, 0.6) is 0 Å². The van der Waals surface area contributed by atoms with Crippen molar-refractivity contribution in [1.29, 1.82) is 0 Å². The number of hydrogen-bond acceptors (Lipinski definition) is 2. The molecule has 2 fully saturated rings. The van der Waals surface area contributed by atoms with Gasteiger partial charge in [0.15, 0.2) is 0 Å². The fraction of sp³-hybridized carbons (Fsp3) is 0.611. The second-order valence-corrected chi connectivity index (χ2v) is 6.70. The van der Waals surface area contributed by atoms with E-state index < -0.39 is 0 Å². The zero-order chi connectivity index (χ0) is 14.4. The molecule has 0 aliphatic heterocycles. The topological polar surface area (TPSA) is 29.9 Å². The van der Waals surface area contributed by atoms with E-state index in [2.05, 4.69) is 48.1 Å². The van der Waals surface area contributed by atoms with Crippen LogP contribution in [0.25, 0.3) is 11.0 Å². The van der Waals surface area contributed by atoms with Gasteiger partial charge in [-0.25, -0.2) is 4.98 Å². The first-order valence-corrected chi connectivity index (χ1v) is 8.45. The quantitative estimate of drug-likeness (QED) is 0.913. The minimum absolute atomic E-state index is 0.599. The van der Waals surface area contributed by atoms with Gasteiger partial charge < -0.3 is 9.88 Å². The van der Waals surface area contributed by atoms with E-state index in [-0.39, 0.29) is 0 Å². The van der Waals surface area contributed by atoms with Crippen molar-refractivity contribution in [3.8, 4) is 0 Å². The lowest BCUT2D eigenvalue weighted by molar-refractivity contribution is 0.418. The van der Waals surface area contributed by atoms with E-state index in [9.17, 15) is 0 Å². The lowest BCUT2D eigenvalue weighted by Gasteiger charge is -2.18. The zero-order valence-electron chi connectivity index (χ0n) is 13.0. The summed E-state index contributed by atoms with van der Waals surface area (Å²) in [5.74, 6) is 4.15. The van der Waals surface area contributed by atoms with Gasteiger partial charge in [-0.05, 0) is 56.7 Å². The highest BCUT2D eigenvalue weighted by molar-refractivity contribution is 5.75. The van der Waals surface area contributed by atoms with Gasteiger partial charge in [0.2, 0.25) is 0 Å². The molecule has 3 nitrogen and oxygen atoms in total.